The van der Waals surface area contributed by atoms with Crippen LogP contribution in [0.3, 0.4) is 0 Å². The number of hydrogen-bond donors (Lipinski definition) is 0. The maximum Gasteiger partial charge on any atom is 0.343 e. The average Bonchev–Trinajstić information content (AvgIpc) is 2.60. The number of carbonyl (C=O) groups is 1. The van der Waals surface area contributed by atoms with Gasteiger partial charge in [-0.05, 0) is 41.5 Å². The maximum atomic E-state index is 12.9. The fourth-order valence-corrected chi connectivity index (χ4v) is 3.59. The standard InChI is InChI=1S/C19H24INO5/c1-6-26-19(23)13-9-21(16(10-24-4)11(2)3)15-8-17(25-5)14(20)7-12(15)18(13)22/h7-9,11,16H,6,10H2,1-5H3/t16-/m1/s1. The molecule has 2 aromatic rings. The van der Waals surface area contributed by atoms with Crippen LogP contribution in [0.15, 0.2) is 23.1 Å². The molecule has 0 spiro atoms. The molecule has 26 heavy (non-hydrogen) atoms. The van der Waals surface area contributed by atoms with Gasteiger partial charge in [0, 0.05) is 24.8 Å². The second-order valence-corrected chi connectivity index (χ2v) is 7.43. The smallest absolute Gasteiger partial charge is 0.343 e. The zero-order valence-corrected chi connectivity index (χ0v) is 17.8. The lowest BCUT2D eigenvalue weighted by molar-refractivity contribution is 0.0523. The molecular formula is C19H24INO5. The first-order chi connectivity index (χ1) is 12.3. The molecule has 2 rings (SSSR count). The summed E-state index contributed by atoms with van der Waals surface area (Å²) < 4.78 is 18.6. The molecule has 142 valence electrons. The molecule has 0 aliphatic carbocycles. The summed E-state index contributed by atoms with van der Waals surface area (Å²) in [6, 6.07) is 3.53. The third-order valence-corrected chi connectivity index (χ3v) is 5.11. The summed E-state index contributed by atoms with van der Waals surface area (Å²) in [7, 11) is 3.23. The number of halogens is 1. The van der Waals surface area contributed by atoms with Crippen LogP contribution in [0, 0.1) is 9.49 Å². The fraction of sp³-hybridized carbons (Fsp3) is 0.474. The van der Waals surface area contributed by atoms with E-state index in [0.717, 1.165) is 3.57 Å². The van der Waals surface area contributed by atoms with E-state index in [1.807, 2.05) is 10.6 Å². The van der Waals surface area contributed by atoms with Crippen molar-refractivity contribution >= 4 is 39.5 Å². The first-order valence-electron chi connectivity index (χ1n) is 8.44. The molecule has 0 amide bonds. The number of pyridine rings is 1. The first kappa shape index (κ1) is 20.7. The number of ether oxygens (including phenoxy) is 3. The minimum absolute atomic E-state index is 0.0297. The van der Waals surface area contributed by atoms with Gasteiger partial charge in [0.2, 0.25) is 5.43 Å². The van der Waals surface area contributed by atoms with Crippen molar-refractivity contribution in [3.05, 3.63) is 37.7 Å². The van der Waals surface area contributed by atoms with Crippen molar-refractivity contribution in [3.63, 3.8) is 0 Å². The van der Waals surface area contributed by atoms with E-state index >= 15 is 0 Å². The van der Waals surface area contributed by atoms with Crippen LogP contribution in [0.2, 0.25) is 0 Å². The largest absolute Gasteiger partial charge is 0.496 e. The number of rotatable bonds is 7. The van der Waals surface area contributed by atoms with Crippen LogP contribution in [0.5, 0.6) is 5.75 Å². The zero-order chi connectivity index (χ0) is 19.4. The van der Waals surface area contributed by atoms with Gasteiger partial charge in [-0.15, -0.1) is 0 Å². The summed E-state index contributed by atoms with van der Waals surface area (Å²) in [6.45, 7) is 6.52. The molecule has 6 nitrogen and oxygen atoms in total. The molecule has 0 fully saturated rings. The van der Waals surface area contributed by atoms with Gasteiger partial charge in [0.15, 0.2) is 0 Å². The van der Waals surface area contributed by atoms with Gasteiger partial charge in [0.05, 0.1) is 35.5 Å². The number of carbonyl (C=O) groups excluding carboxylic acids is 1. The highest BCUT2D eigenvalue weighted by Crippen LogP contribution is 2.30. The predicted octanol–water partition coefficient (Wildman–Crippen LogP) is 3.63. The molecule has 0 saturated carbocycles. The Balaban J connectivity index is 2.87. The number of nitrogens with zero attached hydrogens (tertiary/aromatic N) is 1. The lowest BCUT2D eigenvalue weighted by atomic mass is 10.0. The summed E-state index contributed by atoms with van der Waals surface area (Å²) in [5.41, 5.74) is 0.397. The van der Waals surface area contributed by atoms with E-state index in [9.17, 15) is 9.59 Å². The summed E-state index contributed by atoms with van der Waals surface area (Å²) >= 11 is 2.12. The molecule has 0 N–H and O–H groups in total. The molecule has 1 aromatic heterocycles. The monoisotopic (exact) mass is 473 g/mol. The lowest BCUT2D eigenvalue weighted by Gasteiger charge is -2.26. The minimum atomic E-state index is -0.612. The Morgan fingerprint density at radius 2 is 1.96 bits per heavy atom. The summed E-state index contributed by atoms with van der Waals surface area (Å²) in [5.74, 6) is 0.287. The van der Waals surface area contributed by atoms with Crippen LogP contribution in [-0.2, 0) is 9.47 Å². The Morgan fingerprint density at radius 1 is 1.27 bits per heavy atom. The molecule has 0 radical (unpaired) electrons. The van der Waals surface area contributed by atoms with Crippen molar-refractivity contribution in [3.8, 4) is 5.75 Å². The van der Waals surface area contributed by atoms with Gasteiger partial charge >= 0.3 is 5.97 Å². The van der Waals surface area contributed by atoms with Crippen LogP contribution >= 0.6 is 22.6 Å². The Morgan fingerprint density at radius 3 is 2.50 bits per heavy atom. The SMILES string of the molecule is CCOC(=O)c1cn([C@H](COC)C(C)C)c2cc(OC)c(I)cc2c1=O. The van der Waals surface area contributed by atoms with Crippen molar-refractivity contribution in [2.45, 2.75) is 26.8 Å². The molecule has 0 aliphatic heterocycles. The van der Waals surface area contributed by atoms with Crippen LogP contribution in [0.4, 0.5) is 0 Å². The Hall–Kier alpha value is -1.61. The van der Waals surface area contributed by atoms with E-state index in [-0.39, 0.29) is 29.6 Å². The Labute approximate surface area is 166 Å². The lowest BCUT2D eigenvalue weighted by Crippen LogP contribution is -2.26. The van der Waals surface area contributed by atoms with Gasteiger partial charge in [0.1, 0.15) is 11.3 Å². The molecule has 0 unspecified atom stereocenters. The highest BCUT2D eigenvalue weighted by Gasteiger charge is 2.23. The zero-order valence-electron chi connectivity index (χ0n) is 15.7. The van der Waals surface area contributed by atoms with E-state index in [1.54, 1.807) is 33.4 Å². The van der Waals surface area contributed by atoms with Crippen LogP contribution in [0.1, 0.15) is 37.2 Å². The van der Waals surface area contributed by atoms with E-state index in [2.05, 4.69) is 36.4 Å². The maximum absolute atomic E-state index is 12.9. The number of esters is 1. The van der Waals surface area contributed by atoms with Crippen molar-refractivity contribution in [1.82, 2.24) is 4.57 Å². The molecule has 1 aromatic carbocycles. The van der Waals surface area contributed by atoms with Crippen molar-refractivity contribution in [1.29, 1.82) is 0 Å². The number of aromatic nitrogens is 1. The second kappa shape index (κ2) is 8.85. The van der Waals surface area contributed by atoms with Crippen LogP contribution in [-0.4, -0.2) is 38.0 Å². The van der Waals surface area contributed by atoms with Gasteiger partial charge in [-0.1, -0.05) is 13.8 Å². The minimum Gasteiger partial charge on any atom is -0.496 e. The number of fused-ring (bicyclic) bond motifs is 1. The van der Waals surface area contributed by atoms with Gasteiger partial charge < -0.3 is 18.8 Å². The third kappa shape index (κ3) is 4.03. The molecule has 7 heteroatoms. The summed E-state index contributed by atoms with van der Waals surface area (Å²) in [5, 5.41) is 0.461. The normalized spacial score (nSPS) is 12.4. The van der Waals surface area contributed by atoms with E-state index in [1.165, 1.54) is 0 Å². The van der Waals surface area contributed by atoms with Crippen molar-refractivity contribution in [2.24, 2.45) is 5.92 Å². The number of methoxy groups -OCH3 is 2. The molecule has 1 atom stereocenters. The number of hydrogen-bond acceptors (Lipinski definition) is 5. The highest BCUT2D eigenvalue weighted by molar-refractivity contribution is 14.1. The molecule has 0 aliphatic rings. The first-order valence-corrected chi connectivity index (χ1v) is 9.51. The van der Waals surface area contributed by atoms with Gasteiger partial charge in [-0.25, -0.2) is 4.79 Å². The van der Waals surface area contributed by atoms with E-state index < -0.39 is 5.97 Å². The van der Waals surface area contributed by atoms with E-state index in [4.69, 9.17) is 14.2 Å². The fourth-order valence-electron chi connectivity index (χ4n) is 2.90. The van der Waals surface area contributed by atoms with Crippen molar-refractivity contribution in [2.75, 3.05) is 27.4 Å². The topological polar surface area (TPSA) is 66.8 Å². The van der Waals surface area contributed by atoms with Gasteiger partial charge in [-0.3, -0.25) is 4.79 Å². The highest BCUT2D eigenvalue weighted by atomic mass is 127. The molecular weight excluding hydrogens is 449 g/mol. The van der Waals surface area contributed by atoms with Crippen LogP contribution in [0.25, 0.3) is 10.9 Å². The average molecular weight is 473 g/mol. The van der Waals surface area contributed by atoms with Gasteiger partial charge in [-0.2, -0.15) is 0 Å². The summed E-state index contributed by atoms with van der Waals surface area (Å²) in [4.78, 5) is 25.2. The Kier molecular flexibility index (Phi) is 7.05. The van der Waals surface area contributed by atoms with Gasteiger partial charge in [0.25, 0.3) is 0 Å². The molecule has 0 saturated heterocycles. The summed E-state index contributed by atoms with van der Waals surface area (Å²) in [6.07, 6.45) is 1.58. The Bertz CT molecular complexity index is 859. The van der Waals surface area contributed by atoms with Crippen LogP contribution < -0.4 is 10.2 Å². The predicted molar refractivity (Wildman–Crippen MR) is 109 cm³/mol. The molecule has 0 bridgehead atoms. The quantitative estimate of drug-likeness (QED) is 0.454. The van der Waals surface area contributed by atoms with E-state index in [0.29, 0.717) is 23.3 Å². The second-order valence-electron chi connectivity index (χ2n) is 6.27. The number of benzene rings is 1. The van der Waals surface area contributed by atoms with Crippen molar-refractivity contribution < 1.29 is 19.0 Å². The third-order valence-electron chi connectivity index (χ3n) is 4.27. The molecule has 1 heterocycles.